The van der Waals surface area contributed by atoms with Crippen LogP contribution in [0.15, 0.2) is 40.6 Å². The van der Waals surface area contributed by atoms with Crippen molar-refractivity contribution in [2.24, 2.45) is 0 Å². The van der Waals surface area contributed by atoms with Crippen molar-refractivity contribution in [3.63, 3.8) is 0 Å². The lowest BCUT2D eigenvalue weighted by Gasteiger charge is -2.30. The summed E-state index contributed by atoms with van der Waals surface area (Å²) in [6, 6.07) is 10.0. The number of nitrogens with one attached hydrogen (secondary N) is 1. The Morgan fingerprint density at radius 2 is 1.93 bits per heavy atom. The number of benzene rings is 1. The molecule has 0 unspecified atom stereocenters. The lowest BCUT2D eigenvalue weighted by atomic mass is 9.78. The molecule has 1 N–H and O–H groups in total. The van der Waals surface area contributed by atoms with Gasteiger partial charge in [0.2, 0.25) is 10.0 Å². The van der Waals surface area contributed by atoms with Gasteiger partial charge in [0.1, 0.15) is 9.77 Å². The molecule has 4 rings (SSSR count). The normalized spacial score (nSPS) is 19.6. The first kappa shape index (κ1) is 21.5. The third-order valence-corrected chi connectivity index (χ3v) is 9.19. The van der Waals surface area contributed by atoms with Crippen molar-refractivity contribution in [3.05, 3.63) is 51.7 Å². The summed E-state index contributed by atoms with van der Waals surface area (Å²) >= 11 is 1.18. The van der Waals surface area contributed by atoms with Crippen molar-refractivity contribution in [1.29, 1.82) is 0 Å². The molecule has 0 atom stereocenters. The Labute approximate surface area is 182 Å². The number of carbonyl (C=O) groups is 1. The van der Waals surface area contributed by atoms with E-state index in [1.807, 2.05) is 0 Å². The van der Waals surface area contributed by atoms with Crippen molar-refractivity contribution >= 4 is 27.3 Å². The van der Waals surface area contributed by atoms with E-state index >= 15 is 0 Å². The zero-order chi connectivity index (χ0) is 21.2. The monoisotopic (exact) mass is 448 g/mol. The van der Waals surface area contributed by atoms with Crippen LogP contribution in [0, 0.1) is 6.92 Å². The van der Waals surface area contributed by atoms with Crippen LogP contribution in [-0.4, -0.2) is 51.5 Å². The van der Waals surface area contributed by atoms with E-state index in [4.69, 9.17) is 4.74 Å². The van der Waals surface area contributed by atoms with E-state index in [-0.39, 0.29) is 21.1 Å². The molecule has 1 saturated heterocycles. The zero-order valence-electron chi connectivity index (χ0n) is 17.2. The van der Waals surface area contributed by atoms with Crippen molar-refractivity contribution in [1.82, 2.24) is 9.62 Å². The van der Waals surface area contributed by atoms with E-state index in [0.717, 1.165) is 25.7 Å². The van der Waals surface area contributed by atoms with Gasteiger partial charge in [-0.05, 0) is 36.8 Å². The molecule has 1 saturated carbocycles. The molecule has 0 spiro atoms. The van der Waals surface area contributed by atoms with Crippen LogP contribution in [0.2, 0.25) is 0 Å². The summed E-state index contributed by atoms with van der Waals surface area (Å²) in [7, 11) is -3.70. The Kier molecular flexibility index (Phi) is 6.29. The molecule has 6 nitrogen and oxygen atoms in total. The highest BCUT2D eigenvalue weighted by atomic mass is 32.2. The fourth-order valence-corrected chi connectivity index (χ4v) is 7.24. The van der Waals surface area contributed by atoms with Gasteiger partial charge in [0.05, 0.1) is 13.2 Å². The Bertz CT molecular complexity index is 1000. The standard InChI is InChI=1S/C22H28N2O4S2/c1-17-5-4-6-18(15-17)22(8-2-3-9-22)16-23-21(25)20-19(7-14-29-20)30(26,27)24-10-12-28-13-11-24/h4-7,14-15H,2-3,8-13,16H2,1H3,(H,23,25). The largest absolute Gasteiger partial charge is 0.379 e. The van der Waals surface area contributed by atoms with Gasteiger partial charge >= 0.3 is 0 Å². The molecule has 1 aromatic carbocycles. The van der Waals surface area contributed by atoms with Crippen LogP contribution < -0.4 is 5.32 Å². The maximum absolute atomic E-state index is 13.1. The number of carbonyl (C=O) groups excluding carboxylic acids is 1. The molecule has 8 heteroatoms. The number of aryl methyl sites for hydroxylation is 1. The second-order valence-corrected chi connectivity index (χ2v) is 11.0. The number of nitrogens with zero attached hydrogens (tertiary/aromatic N) is 1. The first-order chi connectivity index (χ1) is 14.4. The van der Waals surface area contributed by atoms with Gasteiger partial charge in [-0.15, -0.1) is 11.3 Å². The fourth-order valence-electron chi connectivity index (χ4n) is 4.52. The molecule has 2 aromatic rings. The first-order valence-electron chi connectivity index (χ1n) is 10.4. The lowest BCUT2D eigenvalue weighted by molar-refractivity contribution is 0.0730. The summed E-state index contributed by atoms with van der Waals surface area (Å²) in [6.07, 6.45) is 4.33. The predicted molar refractivity (Wildman–Crippen MR) is 118 cm³/mol. The Morgan fingerprint density at radius 1 is 1.20 bits per heavy atom. The average Bonchev–Trinajstić information content (AvgIpc) is 3.44. The lowest BCUT2D eigenvalue weighted by Crippen LogP contribution is -2.42. The van der Waals surface area contributed by atoms with Gasteiger partial charge in [-0.25, -0.2) is 8.42 Å². The molecular formula is C22H28N2O4S2. The van der Waals surface area contributed by atoms with Gasteiger partial charge in [-0.2, -0.15) is 4.31 Å². The highest BCUT2D eigenvalue weighted by Gasteiger charge is 2.37. The topological polar surface area (TPSA) is 75.7 Å². The van der Waals surface area contributed by atoms with E-state index in [9.17, 15) is 13.2 Å². The second kappa shape index (κ2) is 8.78. The minimum atomic E-state index is -3.70. The molecule has 0 radical (unpaired) electrons. The molecule has 30 heavy (non-hydrogen) atoms. The van der Waals surface area contributed by atoms with Gasteiger partial charge < -0.3 is 10.1 Å². The number of hydrogen-bond acceptors (Lipinski definition) is 5. The quantitative estimate of drug-likeness (QED) is 0.736. The first-order valence-corrected chi connectivity index (χ1v) is 12.8. The molecule has 1 aliphatic carbocycles. The fraction of sp³-hybridized carbons (Fsp3) is 0.500. The van der Waals surface area contributed by atoms with E-state index < -0.39 is 10.0 Å². The molecule has 1 amide bonds. The smallest absolute Gasteiger partial charge is 0.262 e. The molecule has 2 fully saturated rings. The molecule has 2 aliphatic rings. The van der Waals surface area contributed by atoms with E-state index in [1.165, 1.54) is 32.8 Å². The minimum absolute atomic E-state index is 0.0812. The third-order valence-electron chi connectivity index (χ3n) is 6.20. The summed E-state index contributed by atoms with van der Waals surface area (Å²) < 4.78 is 32.8. The third kappa shape index (κ3) is 4.19. The second-order valence-electron chi connectivity index (χ2n) is 8.17. The van der Waals surface area contributed by atoms with E-state index in [2.05, 4.69) is 36.5 Å². The van der Waals surface area contributed by atoms with Gasteiger partial charge in [0.15, 0.2) is 0 Å². The average molecular weight is 449 g/mol. The summed E-state index contributed by atoms with van der Waals surface area (Å²) in [5, 5.41) is 4.74. The molecule has 0 bridgehead atoms. The predicted octanol–water partition coefficient (Wildman–Crippen LogP) is 3.32. The molecule has 162 valence electrons. The molecule has 1 aromatic heterocycles. The van der Waals surface area contributed by atoms with Crippen LogP contribution in [0.25, 0.3) is 0 Å². The summed E-state index contributed by atoms with van der Waals surface area (Å²) in [4.78, 5) is 13.4. The van der Waals surface area contributed by atoms with Crippen LogP contribution in [0.3, 0.4) is 0 Å². The number of amides is 1. The van der Waals surface area contributed by atoms with Crippen LogP contribution in [0.4, 0.5) is 0 Å². The number of sulfonamides is 1. The number of ether oxygens (including phenoxy) is 1. The molecular weight excluding hydrogens is 420 g/mol. The number of morpholine rings is 1. The van der Waals surface area contributed by atoms with Crippen molar-refractivity contribution in [3.8, 4) is 0 Å². The van der Waals surface area contributed by atoms with Crippen molar-refractivity contribution in [2.75, 3.05) is 32.8 Å². The Morgan fingerprint density at radius 3 is 2.63 bits per heavy atom. The van der Waals surface area contributed by atoms with Crippen LogP contribution >= 0.6 is 11.3 Å². The van der Waals surface area contributed by atoms with Crippen LogP contribution in [0.5, 0.6) is 0 Å². The molecule has 2 heterocycles. The SMILES string of the molecule is Cc1cccc(C2(CNC(=O)c3sccc3S(=O)(=O)N3CCOCC3)CCCC2)c1. The van der Waals surface area contributed by atoms with Gasteiger partial charge in [-0.3, -0.25) is 4.79 Å². The van der Waals surface area contributed by atoms with E-state index in [1.54, 1.807) is 5.38 Å². The van der Waals surface area contributed by atoms with Crippen molar-refractivity contribution in [2.45, 2.75) is 42.9 Å². The Balaban J connectivity index is 1.53. The minimum Gasteiger partial charge on any atom is -0.379 e. The number of hydrogen-bond donors (Lipinski definition) is 1. The maximum atomic E-state index is 13.1. The van der Waals surface area contributed by atoms with E-state index in [0.29, 0.717) is 32.8 Å². The van der Waals surface area contributed by atoms with Crippen LogP contribution in [-0.2, 0) is 20.2 Å². The summed E-state index contributed by atoms with van der Waals surface area (Å²) in [6.45, 7) is 3.99. The summed E-state index contributed by atoms with van der Waals surface area (Å²) in [5.74, 6) is -0.309. The highest BCUT2D eigenvalue weighted by molar-refractivity contribution is 7.89. The maximum Gasteiger partial charge on any atom is 0.262 e. The molecule has 1 aliphatic heterocycles. The number of thiophene rings is 1. The van der Waals surface area contributed by atoms with Gasteiger partial charge in [0.25, 0.3) is 5.91 Å². The van der Waals surface area contributed by atoms with Crippen LogP contribution in [0.1, 0.15) is 46.5 Å². The zero-order valence-corrected chi connectivity index (χ0v) is 18.9. The highest BCUT2D eigenvalue weighted by Crippen LogP contribution is 2.41. The Hall–Kier alpha value is -1.74. The van der Waals surface area contributed by atoms with Gasteiger partial charge in [0, 0.05) is 25.0 Å². The number of rotatable bonds is 6. The van der Waals surface area contributed by atoms with Gasteiger partial charge in [-0.1, -0.05) is 42.7 Å². The summed E-state index contributed by atoms with van der Waals surface area (Å²) in [5.41, 5.74) is 2.39. The van der Waals surface area contributed by atoms with Crippen molar-refractivity contribution < 1.29 is 17.9 Å².